The lowest BCUT2D eigenvalue weighted by Gasteiger charge is -2.21. The molecule has 1 aromatic rings. The van der Waals surface area contributed by atoms with E-state index in [1.54, 1.807) is 13.8 Å². The molecule has 9 nitrogen and oxygen atoms in total. The second-order valence-electron chi connectivity index (χ2n) is 3.93. The molecule has 2 unspecified atom stereocenters. The number of rotatable bonds is 6. The molecule has 2 N–H and O–H groups in total. The standard InChI is InChI=1S/C10H15N5O4/c1-6-4-15(10(18)13-9(6)17)7(2)19-8(5-16)3-12-14-11/h4,7-8,16H,3,5H2,1-2H3,(H,13,17,18). The highest BCUT2D eigenvalue weighted by molar-refractivity contribution is 5.01. The molecule has 0 fully saturated rings. The Kier molecular flexibility index (Phi) is 5.31. The summed E-state index contributed by atoms with van der Waals surface area (Å²) in [5.41, 5.74) is 7.50. The number of aliphatic hydroxyl groups excluding tert-OH is 1. The Labute approximate surface area is 108 Å². The summed E-state index contributed by atoms with van der Waals surface area (Å²) in [6.07, 6.45) is -0.0625. The van der Waals surface area contributed by atoms with Gasteiger partial charge in [0.1, 0.15) is 6.23 Å². The van der Waals surface area contributed by atoms with Crippen LogP contribution in [0.15, 0.2) is 20.9 Å². The van der Waals surface area contributed by atoms with Crippen molar-refractivity contribution in [2.24, 2.45) is 5.11 Å². The van der Waals surface area contributed by atoms with E-state index < -0.39 is 23.6 Å². The molecule has 19 heavy (non-hydrogen) atoms. The van der Waals surface area contributed by atoms with Crippen LogP contribution in [0.25, 0.3) is 10.4 Å². The molecule has 0 amide bonds. The van der Waals surface area contributed by atoms with E-state index in [1.165, 1.54) is 10.8 Å². The maximum atomic E-state index is 11.6. The number of hydrogen-bond donors (Lipinski definition) is 2. The van der Waals surface area contributed by atoms with Gasteiger partial charge in [-0.15, -0.1) is 0 Å². The molecule has 1 rings (SSSR count). The normalized spacial score (nSPS) is 13.6. The minimum atomic E-state index is -0.718. The minimum absolute atomic E-state index is 0.0472. The van der Waals surface area contributed by atoms with E-state index in [0.717, 1.165) is 0 Å². The van der Waals surface area contributed by atoms with Crippen LogP contribution in [-0.4, -0.2) is 33.9 Å². The van der Waals surface area contributed by atoms with Crippen LogP contribution in [-0.2, 0) is 4.74 Å². The maximum Gasteiger partial charge on any atom is 0.330 e. The van der Waals surface area contributed by atoms with E-state index in [4.69, 9.17) is 15.4 Å². The van der Waals surface area contributed by atoms with Crippen LogP contribution in [0.5, 0.6) is 0 Å². The Balaban J connectivity index is 2.91. The first kappa shape index (κ1) is 15.0. The molecular weight excluding hydrogens is 254 g/mol. The van der Waals surface area contributed by atoms with Gasteiger partial charge in [0.05, 0.1) is 19.3 Å². The number of aliphatic hydroxyl groups is 1. The van der Waals surface area contributed by atoms with Gasteiger partial charge in [-0.25, -0.2) is 4.79 Å². The fraction of sp³-hybridized carbons (Fsp3) is 0.600. The third kappa shape index (κ3) is 3.95. The Morgan fingerprint density at radius 3 is 2.89 bits per heavy atom. The van der Waals surface area contributed by atoms with Crippen molar-refractivity contribution in [2.45, 2.75) is 26.2 Å². The van der Waals surface area contributed by atoms with Crippen molar-refractivity contribution in [3.8, 4) is 0 Å². The maximum absolute atomic E-state index is 11.6. The predicted octanol–water partition coefficient (Wildman–Crippen LogP) is 0.0513. The average Bonchev–Trinajstić information content (AvgIpc) is 2.38. The molecule has 104 valence electrons. The van der Waals surface area contributed by atoms with Crippen molar-refractivity contribution in [1.82, 2.24) is 9.55 Å². The molecule has 0 spiro atoms. The monoisotopic (exact) mass is 269 g/mol. The fourth-order valence-electron chi connectivity index (χ4n) is 1.47. The number of aromatic nitrogens is 2. The number of aromatic amines is 1. The number of aryl methyl sites for hydroxylation is 1. The van der Waals surface area contributed by atoms with Gasteiger partial charge in [0, 0.05) is 16.7 Å². The highest BCUT2D eigenvalue weighted by Crippen LogP contribution is 2.08. The van der Waals surface area contributed by atoms with Gasteiger partial charge in [0.15, 0.2) is 0 Å². The summed E-state index contributed by atoms with van der Waals surface area (Å²) in [6.45, 7) is 2.75. The molecular formula is C10H15N5O4. The first-order valence-electron chi connectivity index (χ1n) is 5.58. The lowest BCUT2D eigenvalue weighted by atomic mass is 10.3. The van der Waals surface area contributed by atoms with Crippen LogP contribution in [0.2, 0.25) is 0 Å². The van der Waals surface area contributed by atoms with Gasteiger partial charge in [0.25, 0.3) is 5.56 Å². The summed E-state index contributed by atoms with van der Waals surface area (Å²) in [5, 5.41) is 12.4. The van der Waals surface area contributed by atoms with Gasteiger partial charge in [-0.1, -0.05) is 5.11 Å². The SMILES string of the molecule is Cc1cn(C(C)OC(CO)CN=[N+]=[N-])c(=O)[nH]c1=O. The summed E-state index contributed by atoms with van der Waals surface area (Å²) in [4.78, 5) is 27.5. The largest absolute Gasteiger partial charge is 0.394 e. The van der Waals surface area contributed by atoms with E-state index >= 15 is 0 Å². The second-order valence-corrected chi connectivity index (χ2v) is 3.93. The number of ether oxygens (including phenoxy) is 1. The van der Waals surface area contributed by atoms with Crippen molar-refractivity contribution >= 4 is 0 Å². The second kappa shape index (κ2) is 6.74. The van der Waals surface area contributed by atoms with E-state index in [1.807, 2.05) is 0 Å². The van der Waals surface area contributed by atoms with Crippen molar-refractivity contribution in [3.63, 3.8) is 0 Å². The summed E-state index contributed by atoms with van der Waals surface area (Å²) < 4.78 is 6.58. The average molecular weight is 269 g/mol. The highest BCUT2D eigenvalue weighted by Gasteiger charge is 2.15. The van der Waals surface area contributed by atoms with Crippen molar-refractivity contribution in [1.29, 1.82) is 0 Å². The summed E-state index contributed by atoms with van der Waals surface area (Å²) in [7, 11) is 0. The van der Waals surface area contributed by atoms with Crippen molar-refractivity contribution in [3.05, 3.63) is 43.0 Å². The quantitative estimate of drug-likeness (QED) is 0.428. The van der Waals surface area contributed by atoms with E-state index in [-0.39, 0.29) is 13.2 Å². The third-order valence-electron chi connectivity index (χ3n) is 2.48. The first-order chi connectivity index (χ1) is 8.99. The zero-order valence-electron chi connectivity index (χ0n) is 10.6. The molecule has 1 heterocycles. The summed E-state index contributed by atoms with van der Waals surface area (Å²) >= 11 is 0. The molecule has 0 aromatic carbocycles. The minimum Gasteiger partial charge on any atom is -0.394 e. The van der Waals surface area contributed by atoms with E-state index in [2.05, 4.69) is 15.0 Å². The number of nitrogens with one attached hydrogen (secondary N) is 1. The predicted molar refractivity (Wildman–Crippen MR) is 66.7 cm³/mol. The molecule has 0 aliphatic carbocycles. The molecule has 0 aliphatic heterocycles. The molecule has 0 saturated carbocycles. The number of hydrogen-bond acceptors (Lipinski definition) is 5. The number of nitrogens with zero attached hydrogens (tertiary/aromatic N) is 4. The molecule has 0 aliphatic rings. The van der Waals surface area contributed by atoms with E-state index in [0.29, 0.717) is 5.56 Å². The fourth-order valence-corrected chi connectivity index (χ4v) is 1.47. The summed E-state index contributed by atoms with van der Waals surface area (Å²) in [5.74, 6) is 0. The molecule has 0 saturated heterocycles. The van der Waals surface area contributed by atoms with Gasteiger partial charge < -0.3 is 9.84 Å². The lowest BCUT2D eigenvalue weighted by molar-refractivity contribution is -0.0623. The first-order valence-corrected chi connectivity index (χ1v) is 5.58. The Morgan fingerprint density at radius 1 is 1.63 bits per heavy atom. The smallest absolute Gasteiger partial charge is 0.330 e. The molecule has 0 radical (unpaired) electrons. The van der Waals surface area contributed by atoms with Crippen LogP contribution in [0.4, 0.5) is 0 Å². The molecule has 9 heteroatoms. The number of H-pyrrole nitrogens is 1. The highest BCUT2D eigenvalue weighted by atomic mass is 16.5. The lowest BCUT2D eigenvalue weighted by Crippen LogP contribution is -2.35. The van der Waals surface area contributed by atoms with Crippen molar-refractivity contribution < 1.29 is 9.84 Å². The molecule has 0 bridgehead atoms. The topological polar surface area (TPSA) is 133 Å². The molecule has 2 atom stereocenters. The zero-order chi connectivity index (χ0) is 14.4. The van der Waals surface area contributed by atoms with Crippen LogP contribution in [0, 0.1) is 6.92 Å². The van der Waals surface area contributed by atoms with Crippen LogP contribution in [0.3, 0.4) is 0 Å². The number of azide groups is 1. The Morgan fingerprint density at radius 2 is 2.32 bits per heavy atom. The van der Waals surface area contributed by atoms with Crippen LogP contribution in [0.1, 0.15) is 18.7 Å². The Bertz CT molecular complexity index is 586. The summed E-state index contributed by atoms with van der Waals surface area (Å²) in [6, 6.07) is 0. The van der Waals surface area contributed by atoms with Crippen molar-refractivity contribution in [2.75, 3.05) is 13.2 Å². The van der Waals surface area contributed by atoms with Crippen LogP contribution < -0.4 is 11.2 Å². The van der Waals surface area contributed by atoms with Gasteiger partial charge in [-0.3, -0.25) is 14.3 Å². The third-order valence-corrected chi connectivity index (χ3v) is 2.48. The van der Waals surface area contributed by atoms with Gasteiger partial charge in [-0.2, -0.15) is 0 Å². The van der Waals surface area contributed by atoms with Gasteiger partial charge >= 0.3 is 5.69 Å². The molecule has 1 aromatic heterocycles. The van der Waals surface area contributed by atoms with Gasteiger partial charge in [0.2, 0.25) is 0 Å². The zero-order valence-corrected chi connectivity index (χ0v) is 10.6. The van der Waals surface area contributed by atoms with Crippen LogP contribution >= 0.6 is 0 Å². The van der Waals surface area contributed by atoms with E-state index in [9.17, 15) is 9.59 Å². The van der Waals surface area contributed by atoms with Gasteiger partial charge in [-0.05, 0) is 19.4 Å². The Hall–Kier alpha value is -2.09.